The Morgan fingerprint density at radius 2 is 1.76 bits per heavy atom. The number of carbonyl (C=O) groups is 2. The number of hydrogen-bond donors (Lipinski definition) is 2. The van der Waals surface area contributed by atoms with Gasteiger partial charge in [0, 0.05) is 23.8 Å². The lowest BCUT2D eigenvalue weighted by Gasteiger charge is -2.31. The fourth-order valence-electron chi connectivity index (χ4n) is 4.59. The van der Waals surface area contributed by atoms with E-state index in [2.05, 4.69) is 4.98 Å². The van der Waals surface area contributed by atoms with Crippen LogP contribution in [0.1, 0.15) is 31.0 Å². The summed E-state index contributed by atoms with van der Waals surface area (Å²) in [4.78, 5) is 36.3. The number of carbonyl (C=O) groups excluding carboxylic acids is 2. The summed E-state index contributed by atoms with van der Waals surface area (Å²) in [5, 5.41) is 0.586. The topological polar surface area (TPSA) is 70.5 Å². The number of halogens is 1. The number of aromatic amines is 1. The van der Waals surface area contributed by atoms with E-state index in [0.29, 0.717) is 16.6 Å². The summed E-state index contributed by atoms with van der Waals surface area (Å²) in [5.74, 6) is 1.16. The van der Waals surface area contributed by atoms with Crippen molar-refractivity contribution in [3.05, 3.63) is 59.4 Å². The molecule has 7 heteroatoms. The molecule has 3 aromatic rings. The molecule has 29 heavy (non-hydrogen) atoms. The van der Waals surface area contributed by atoms with Crippen LogP contribution in [0.3, 0.4) is 0 Å². The zero-order valence-electron chi connectivity index (χ0n) is 15.9. The Labute approximate surface area is 173 Å². The molecule has 3 heterocycles. The van der Waals surface area contributed by atoms with Crippen LogP contribution in [-0.2, 0) is 9.59 Å². The van der Waals surface area contributed by atoms with Crippen LogP contribution in [0.25, 0.3) is 11.0 Å². The van der Waals surface area contributed by atoms with Gasteiger partial charge in [0.05, 0.1) is 36.2 Å². The van der Waals surface area contributed by atoms with Gasteiger partial charge >= 0.3 is 0 Å². The van der Waals surface area contributed by atoms with Crippen LogP contribution in [0.4, 0.5) is 5.69 Å². The highest BCUT2D eigenvalue weighted by atomic mass is 35.5. The lowest BCUT2D eigenvalue weighted by atomic mass is 9.95. The van der Waals surface area contributed by atoms with E-state index in [0.717, 1.165) is 42.8 Å². The van der Waals surface area contributed by atoms with Gasteiger partial charge < -0.3 is 9.88 Å². The molecule has 0 saturated carbocycles. The number of rotatable bonds is 3. The molecule has 148 valence electrons. The maximum absolute atomic E-state index is 13.0. The lowest BCUT2D eigenvalue weighted by Crippen LogP contribution is -3.17. The maximum Gasteiger partial charge on any atom is 0.292 e. The van der Waals surface area contributed by atoms with Crippen molar-refractivity contribution in [1.82, 2.24) is 9.97 Å². The van der Waals surface area contributed by atoms with Crippen molar-refractivity contribution in [3.63, 3.8) is 0 Å². The number of piperidine rings is 1. The van der Waals surface area contributed by atoms with Gasteiger partial charge in [-0.05, 0) is 36.4 Å². The summed E-state index contributed by atoms with van der Waals surface area (Å²) in [6.07, 6.45) is 2.17. The largest absolute Gasteiger partial charge is 0.342 e. The van der Waals surface area contributed by atoms with Gasteiger partial charge in [0.1, 0.15) is 5.82 Å². The molecule has 0 aliphatic carbocycles. The number of quaternary nitrogens is 1. The SMILES string of the molecule is O=C1C[C@@H]([NH+]2CCC(c3nc4ccccc4[nH]3)CC2)C(=O)N1c1ccc(Cl)cc1. The number of aromatic nitrogens is 2. The minimum Gasteiger partial charge on any atom is -0.342 e. The van der Waals surface area contributed by atoms with Crippen LogP contribution in [0.15, 0.2) is 48.5 Å². The highest BCUT2D eigenvalue weighted by Crippen LogP contribution is 2.26. The van der Waals surface area contributed by atoms with Crippen LogP contribution >= 0.6 is 11.6 Å². The standard InChI is InChI=1S/C22H21ClN4O2/c23-15-5-7-16(8-6-15)27-20(28)13-19(22(27)29)26-11-9-14(10-12-26)21-24-17-3-1-2-4-18(17)25-21/h1-8,14,19H,9-13H2,(H,24,25)/p+1/t19-/m1/s1. The second-order valence-corrected chi connectivity index (χ2v) is 8.31. The van der Waals surface area contributed by atoms with Gasteiger partial charge in [0.25, 0.3) is 5.91 Å². The number of imidazole rings is 1. The monoisotopic (exact) mass is 409 g/mol. The molecular weight excluding hydrogens is 388 g/mol. The van der Waals surface area contributed by atoms with E-state index < -0.39 is 0 Å². The molecule has 0 unspecified atom stereocenters. The summed E-state index contributed by atoms with van der Waals surface area (Å²) in [7, 11) is 0. The average Bonchev–Trinajstić information content (AvgIpc) is 3.30. The van der Waals surface area contributed by atoms with Crippen LogP contribution < -0.4 is 9.80 Å². The predicted molar refractivity (Wildman–Crippen MR) is 111 cm³/mol. The average molecular weight is 410 g/mol. The molecule has 1 aromatic heterocycles. The molecule has 2 N–H and O–H groups in total. The molecule has 2 aromatic carbocycles. The van der Waals surface area contributed by atoms with Crippen LogP contribution in [0.2, 0.25) is 5.02 Å². The molecule has 1 atom stereocenters. The first-order valence-corrected chi connectivity index (χ1v) is 10.4. The van der Waals surface area contributed by atoms with E-state index in [1.54, 1.807) is 24.3 Å². The zero-order chi connectivity index (χ0) is 20.0. The summed E-state index contributed by atoms with van der Waals surface area (Å²) >= 11 is 5.93. The van der Waals surface area contributed by atoms with Crippen molar-refractivity contribution < 1.29 is 14.5 Å². The molecule has 5 rings (SSSR count). The van der Waals surface area contributed by atoms with E-state index in [4.69, 9.17) is 16.6 Å². The Bertz CT molecular complexity index is 1040. The zero-order valence-corrected chi connectivity index (χ0v) is 16.7. The molecule has 6 nitrogen and oxygen atoms in total. The summed E-state index contributed by atoms with van der Waals surface area (Å²) in [6, 6.07) is 14.6. The van der Waals surface area contributed by atoms with Gasteiger partial charge in [-0.15, -0.1) is 0 Å². The van der Waals surface area contributed by atoms with E-state index in [9.17, 15) is 9.59 Å². The van der Waals surface area contributed by atoms with Crippen molar-refractivity contribution >= 4 is 40.1 Å². The van der Waals surface area contributed by atoms with Crippen molar-refractivity contribution in [3.8, 4) is 0 Å². The van der Waals surface area contributed by atoms with Crippen molar-refractivity contribution in [1.29, 1.82) is 0 Å². The van der Waals surface area contributed by atoms with Gasteiger partial charge in [0.15, 0.2) is 6.04 Å². The second-order valence-electron chi connectivity index (χ2n) is 7.87. The number of imide groups is 1. The number of nitrogens with one attached hydrogen (secondary N) is 2. The second kappa shape index (κ2) is 7.28. The fourth-order valence-corrected chi connectivity index (χ4v) is 4.71. The van der Waals surface area contributed by atoms with E-state index in [-0.39, 0.29) is 24.3 Å². The molecular formula is C22H22ClN4O2+. The number of H-pyrrole nitrogens is 1. The summed E-state index contributed by atoms with van der Waals surface area (Å²) in [6.45, 7) is 1.72. The quantitative estimate of drug-likeness (QED) is 0.652. The van der Waals surface area contributed by atoms with Gasteiger partial charge in [-0.3, -0.25) is 9.59 Å². The number of amides is 2. The normalized spacial score (nSPS) is 25.1. The molecule has 2 aliphatic heterocycles. The first kappa shape index (κ1) is 18.3. The number of nitrogens with zero attached hydrogens (tertiary/aromatic N) is 2. The number of fused-ring (bicyclic) bond motifs is 1. The first-order chi connectivity index (χ1) is 14.1. The van der Waals surface area contributed by atoms with Gasteiger partial charge in [0.2, 0.25) is 5.91 Å². The summed E-state index contributed by atoms with van der Waals surface area (Å²) < 4.78 is 0. The molecule has 0 bridgehead atoms. The predicted octanol–water partition coefficient (Wildman–Crippen LogP) is 2.31. The maximum atomic E-state index is 13.0. The van der Waals surface area contributed by atoms with Crippen LogP contribution in [0, 0.1) is 0 Å². The number of para-hydroxylation sites is 2. The smallest absolute Gasteiger partial charge is 0.292 e. The third-order valence-corrected chi connectivity index (χ3v) is 6.40. The van der Waals surface area contributed by atoms with E-state index in [1.165, 1.54) is 9.80 Å². The number of benzene rings is 2. The first-order valence-electron chi connectivity index (χ1n) is 10.0. The molecule has 0 spiro atoms. The van der Waals surface area contributed by atoms with Crippen LogP contribution in [-0.4, -0.2) is 40.9 Å². The minimum atomic E-state index is -0.296. The number of anilines is 1. The summed E-state index contributed by atoms with van der Waals surface area (Å²) in [5.41, 5.74) is 2.66. The van der Waals surface area contributed by atoms with Crippen molar-refractivity contribution in [2.45, 2.75) is 31.2 Å². The fraction of sp³-hybridized carbons (Fsp3) is 0.318. The number of hydrogen-bond acceptors (Lipinski definition) is 3. The van der Waals surface area contributed by atoms with Gasteiger partial charge in [-0.25, -0.2) is 9.88 Å². The third kappa shape index (κ3) is 3.32. The lowest BCUT2D eigenvalue weighted by molar-refractivity contribution is -0.920. The Balaban J connectivity index is 1.27. The highest BCUT2D eigenvalue weighted by Gasteiger charge is 2.46. The Morgan fingerprint density at radius 3 is 2.48 bits per heavy atom. The van der Waals surface area contributed by atoms with Crippen molar-refractivity contribution in [2.24, 2.45) is 0 Å². The van der Waals surface area contributed by atoms with Gasteiger partial charge in [-0.1, -0.05) is 23.7 Å². The molecule has 2 fully saturated rings. The highest BCUT2D eigenvalue weighted by molar-refractivity contribution is 6.30. The Kier molecular flexibility index (Phi) is 4.60. The molecule has 2 saturated heterocycles. The molecule has 2 aliphatic rings. The molecule has 2 amide bonds. The van der Waals surface area contributed by atoms with Crippen LogP contribution in [0.5, 0.6) is 0 Å². The third-order valence-electron chi connectivity index (χ3n) is 6.15. The van der Waals surface area contributed by atoms with E-state index >= 15 is 0 Å². The van der Waals surface area contributed by atoms with Gasteiger partial charge in [-0.2, -0.15) is 0 Å². The Morgan fingerprint density at radius 1 is 1.03 bits per heavy atom. The Hall–Kier alpha value is -2.70. The molecule has 0 radical (unpaired) electrons. The number of likely N-dealkylation sites (tertiary alicyclic amines) is 1. The van der Waals surface area contributed by atoms with E-state index in [1.807, 2.05) is 24.3 Å². The van der Waals surface area contributed by atoms with Crippen molar-refractivity contribution in [2.75, 3.05) is 18.0 Å². The minimum absolute atomic E-state index is 0.102.